The van der Waals surface area contributed by atoms with E-state index >= 15 is 0 Å². The first-order valence-corrected chi connectivity index (χ1v) is 7.16. The zero-order chi connectivity index (χ0) is 13.1. The fraction of sp³-hybridized carbons (Fsp3) is 0.500. The number of aliphatic hydroxyl groups is 1. The summed E-state index contributed by atoms with van der Waals surface area (Å²) in [7, 11) is 0. The van der Waals surface area contributed by atoms with Gasteiger partial charge in [0.2, 0.25) is 0 Å². The maximum atomic E-state index is 9.29. The van der Waals surface area contributed by atoms with E-state index in [1.54, 1.807) is 18.3 Å². The van der Waals surface area contributed by atoms with Gasteiger partial charge in [-0.3, -0.25) is 0 Å². The molecule has 0 spiro atoms. The van der Waals surface area contributed by atoms with Crippen LogP contribution in [0.2, 0.25) is 0 Å². The fourth-order valence-electron chi connectivity index (χ4n) is 1.83. The molecular formula is C14H20N2OS. The minimum atomic E-state index is -0.310. The number of para-hydroxylation sites is 1. The van der Waals surface area contributed by atoms with Crippen LogP contribution in [-0.2, 0) is 0 Å². The summed E-state index contributed by atoms with van der Waals surface area (Å²) < 4.78 is 1.24. The molecule has 1 heterocycles. The third-order valence-electron chi connectivity index (χ3n) is 3.19. The van der Waals surface area contributed by atoms with Gasteiger partial charge in [0.25, 0.3) is 0 Å². The number of fused-ring (bicyclic) bond motifs is 1. The van der Waals surface area contributed by atoms with Gasteiger partial charge in [-0.2, -0.15) is 0 Å². The third-order valence-corrected chi connectivity index (χ3v) is 4.42. The Bertz CT molecular complexity index is 476. The number of thiazole rings is 1. The molecular weight excluding hydrogens is 244 g/mol. The first-order valence-electron chi connectivity index (χ1n) is 6.35. The molecule has 0 aliphatic heterocycles. The van der Waals surface area contributed by atoms with Gasteiger partial charge in [0.15, 0.2) is 0 Å². The van der Waals surface area contributed by atoms with Crippen LogP contribution in [0.15, 0.2) is 24.3 Å². The van der Waals surface area contributed by atoms with Crippen LogP contribution in [0.4, 0.5) is 0 Å². The second kappa shape index (κ2) is 5.78. The van der Waals surface area contributed by atoms with Gasteiger partial charge in [-0.25, -0.2) is 4.98 Å². The van der Waals surface area contributed by atoms with Crippen molar-refractivity contribution in [1.82, 2.24) is 10.3 Å². The molecule has 0 saturated heterocycles. The Morgan fingerprint density at radius 1 is 1.28 bits per heavy atom. The summed E-state index contributed by atoms with van der Waals surface area (Å²) in [4.78, 5) is 4.68. The molecule has 2 aromatic rings. The molecule has 4 heteroatoms. The van der Waals surface area contributed by atoms with Crippen molar-refractivity contribution in [1.29, 1.82) is 0 Å². The van der Waals surface area contributed by atoms with E-state index in [1.807, 2.05) is 12.1 Å². The quantitative estimate of drug-likeness (QED) is 0.873. The Kier molecular flexibility index (Phi) is 4.32. The van der Waals surface area contributed by atoms with Crippen molar-refractivity contribution in [2.75, 3.05) is 6.54 Å². The van der Waals surface area contributed by atoms with Crippen LogP contribution in [0.3, 0.4) is 0 Å². The minimum Gasteiger partial charge on any atom is -0.392 e. The Labute approximate surface area is 112 Å². The highest BCUT2D eigenvalue weighted by Crippen LogP contribution is 2.28. The lowest BCUT2D eigenvalue weighted by molar-refractivity contribution is 0.185. The molecule has 1 aromatic heterocycles. The number of rotatable bonds is 5. The molecule has 0 aliphatic rings. The van der Waals surface area contributed by atoms with Crippen molar-refractivity contribution in [3.63, 3.8) is 0 Å². The van der Waals surface area contributed by atoms with Gasteiger partial charge < -0.3 is 10.4 Å². The molecule has 2 N–H and O–H groups in total. The summed E-state index contributed by atoms with van der Waals surface area (Å²) >= 11 is 1.75. The van der Waals surface area contributed by atoms with Crippen molar-refractivity contribution < 1.29 is 5.11 Å². The molecule has 0 aliphatic carbocycles. The minimum absolute atomic E-state index is 0.306. The topological polar surface area (TPSA) is 45.1 Å². The number of benzene rings is 1. The van der Waals surface area contributed by atoms with Gasteiger partial charge in [0.05, 0.1) is 21.3 Å². The number of hydrogen-bond acceptors (Lipinski definition) is 4. The highest BCUT2D eigenvalue weighted by atomic mass is 32.1. The van der Waals surface area contributed by atoms with Crippen LogP contribution >= 0.6 is 11.3 Å². The second-order valence-corrected chi connectivity index (χ2v) is 5.92. The maximum Gasteiger partial charge on any atom is 0.0982 e. The lowest BCUT2D eigenvalue weighted by Gasteiger charge is -2.20. The monoisotopic (exact) mass is 264 g/mol. The van der Waals surface area contributed by atoms with E-state index < -0.39 is 0 Å². The SMILES string of the molecule is CC(O)CNC(C)C(C)c1nc2ccccc2s1. The maximum absolute atomic E-state index is 9.29. The van der Waals surface area contributed by atoms with Gasteiger partial charge in [-0.1, -0.05) is 19.1 Å². The van der Waals surface area contributed by atoms with Crippen molar-refractivity contribution >= 4 is 21.6 Å². The molecule has 98 valence electrons. The molecule has 0 radical (unpaired) electrons. The van der Waals surface area contributed by atoms with Crippen LogP contribution < -0.4 is 5.32 Å². The predicted molar refractivity (Wildman–Crippen MR) is 77.2 cm³/mol. The largest absolute Gasteiger partial charge is 0.392 e. The van der Waals surface area contributed by atoms with Crippen molar-refractivity contribution in [2.45, 2.75) is 38.8 Å². The summed E-state index contributed by atoms with van der Waals surface area (Å²) in [6.07, 6.45) is -0.310. The van der Waals surface area contributed by atoms with E-state index in [1.165, 1.54) is 4.70 Å². The molecule has 3 atom stereocenters. The van der Waals surface area contributed by atoms with Crippen molar-refractivity contribution in [3.8, 4) is 0 Å². The van der Waals surface area contributed by atoms with Crippen LogP contribution in [-0.4, -0.2) is 28.8 Å². The molecule has 0 amide bonds. The van der Waals surface area contributed by atoms with Gasteiger partial charge in [0.1, 0.15) is 0 Å². The lowest BCUT2D eigenvalue weighted by Crippen LogP contribution is -2.35. The Morgan fingerprint density at radius 3 is 2.67 bits per heavy atom. The summed E-state index contributed by atoms with van der Waals surface area (Å²) in [5, 5.41) is 13.8. The van der Waals surface area contributed by atoms with Crippen LogP contribution in [0, 0.1) is 0 Å². The van der Waals surface area contributed by atoms with E-state index in [-0.39, 0.29) is 6.10 Å². The predicted octanol–water partition coefficient (Wildman–Crippen LogP) is 2.76. The first kappa shape index (κ1) is 13.5. The molecule has 18 heavy (non-hydrogen) atoms. The molecule has 2 rings (SSSR count). The van der Waals surface area contributed by atoms with Gasteiger partial charge in [-0.05, 0) is 26.0 Å². The van der Waals surface area contributed by atoms with Crippen LogP contribution in [0.25, 0.3) is 10.2 Å². The van der Waals surface area contributed by atoms with E-state index in [9.17, 15) is 5.11 Å². The fourth-order valence-corrected chi connectivity index (χ4v) is 2.96. The van der Waals surface area contributed by atoms with Gasteiger partial charge in [0, 0.05) is 18.5 Å². The van der Waals surface area contributed by atoms with Crippen LogP contribution in [0.5, 0.6) is 0 Å². The molecule has 0 saturated carbocycles. The van der Waals surface area contributed by atoms with Gasteiger partial charge in [-0.15, -0.1) is 11.3 Å². The van der Waals surface area contributed by atoms with Gasteiger partial charge >= 0.3 is 0 Å². The van der Waals surface area contributed by atoms with Crippen molar-refractivity contribution in [3.05, 3.63) is 29.3 Å². The number of hydrogen-bond donors (Lipinski definition) is 2. The average Bonchev–Trinajstić information content (AvgIpc) is 2.78. The zero-order valence-electron chi connectivity index (χ0n) is 11.1. The summed E-state index contributed by atoms with van der Waals surface area (Å²) in [5.41, 5.74) is 1.08. The smallest absolute Gasteiger partial charge is 0.0982 e. The molecule has 3 nitrogen and oxygen atoms in total. The zero-order valence-corrected chi connectivity index (χ0v) is 11.9. The highest BCUT2D eigenvalue weighted by molar-refractivity contribution is 7.18. The average molecular weight is 264 g/mol. The van der Waals surface area contributed by atoms with Crippen molar-refractivity contribution in [2.24, 2.45) is 0 Å². The number of aromatic nitrogens is 1. The highest BCUT2D eigenvalue weighted by Gasteiger charge is 2.18. The Balaban J connectivity index is 2.10. The Morgan fingerprint density at radius 2 is 2.00 bits per heavy atom. The number of nitrogens with zero attached hydrogens (tertiary/aromatic N) is 1. The first-order chi connectivity index (χ1) is 8.58. The third kappa shape index (κ3) is 3.07. The summed E-state index contributed by atoms with van der Waals surface area (Å²) in [6, 6.07) is 8.53. The molecule has 0 fully saturated rings. The Hall–Kier alpha value is -0.970. The standard InChI is InChI=1S/C14H20N2OS/c1-9(17)8-15-11(3)10(2)14-16-12-6-4-5-7-13(12)18-14/h4-7,9-11,15,17H,8H2,1-3H3. The van der Waals surface area contributed by atoms with E-state index in [0.29, 0.717) is 18.5 Å². The second-order valence-electron chi connectivity index (χ2n) is 4.85. The number of nitrogens with one attached hydrogen (secondary N) is 1. The van der Waals surface area contributed by atoms with E-state index in [2.05, 4.69) is 36.3 Å². The number of aliphatic hydroxyl groups excluding tert-OH is 1. The van der Waals surface area contributed by atoms with Crippen LogP contribution in [0.1, 0.15) is 31.7 Å². The molecule has 1 aromatic carbocycles. The summed E-state index contributed by atoms with van der Waals surface area (Å²) in [6.45, 7) is 6.73. The lowest BCUT2D eigenvalue weighted by atomic mass is 10.0. The van der Waals surface area contributed by atoms with E-state index in [0.717, 1.165) is 10.5 Å². The van der Waals surface area contributed by atoms with E-state index in [4.69, 9.17) is 0 Å². The normalized spacial score (nSPS) is 16.7. The molecule has 3 unspecified atom stereocenters. The summed E-state index contributed by atoms with van der Waals surface area (Å²) in [5.74, 6) is 0.348. The molecule has 0 bridgehead atoms.